The number of rotatable bonds is 10. The second kappa shape index (κ2) is 11.9. The number of carbonyl (C=O) groups excluding carboxylic acids is 2. The van der Waals surface area contributed by atoms with Crippen molar-refractivity contribution < 1.29 is 24.2 Å². The molecule has 0 saturated heterocycles. The molecule has 1 heterocycles. The maximum absolute atomic E-state index is 13.3. The Morgan fingerprint density at radius 3 is 2.23 bits per heavy atom. The fraction of sp³-hybridized carbons (Fsp3) is 0.226. The average molecular weight is 539 g/mol. The highest BCUT2D eigenvalue weighted by atomic mass is 16.5. The highest BCUT2D eigenvalue weighted by molar-refractivity contribution is 5.93. The van der Waals surface area contributed by atoms with E-state index in [1.165, 1.54) is 9.58 Å². The van der Waals surface area contributed by atoms with Gasteiger partial charge in [0, 0.05) is 26.1 Å². The van der Waals surface area contributed by atoms with Gasteiger partial charge in [-0.1, -0.05) is 78.9 Å². The third-order valence-electron chi connectivity index (χ3n) is 7.01. The first kappa shape index (κ1) is 26.7. The predicted octanol–water partition coefficient (Wildman–Crippen LogP) is 4.58. The third-order valence-corrected chi connectivity index (χ3v) is 7.01. The number of aromatic nitrogens is 2. The van der Waals surface area contributed by atoms with Crippen LogP contribution in [0.5, 0.6) is 0 Å². The number of carboxylic acid groups (broad SMARTS) is 1. The van der Waals surface area contributed by atoms with Crippen LogP contribution in [0.4, 0.5) is 4.79 Å². The van der Waals surface area contributed by atoms with Crippen LogP contribution in [0.1, 0.15) is 45.2 Å². The number of aliphatic carboxylic acids is 1. The van der Waals surface area contributed by atoms with Gasteiger partial charge in [0.15, 0.2) is 0 Å². The molecule has 4 aromatic rings. The highest BCUT2D eigenvalue weighted by Crippen LogP contribution is 2.44. The van der Waals surface area contributed by atoms with Crippen molar-refractivity contribution in [3.8, 4) is 11.1 Å². The molecule has 0 unspecified atom stereocenters. The van der Waals surface area contributed by atoms with Gasteiger partial charge in [-0.05, 0) is 33.9 Å². The summed E-state index contributed by atoms with van der Waals surface area (Å²) < 4.78 is 7.03. The number of amides is 2. The Morgan fingerprint density at radius 2 is 1.57 bits per heavy atom. The van der Waals surface area contributed by atoms with Crippen LogP contribution < -0.4 is 5.32 Å². The van der Waals surface area contributed by atoms with Gasteiger partial charge in [-0.3, -0.25) is 14.3 Å². The largest absolute Gasteiger partial charge is 0.481 e. The van der Waals surface area contributed by atoms with Gasteiger partial charge in [0.2, 0.25) is 0 Å². The van der Waals surface area contributed by atoms with Crippen LogP contribution in [0.25, 0.3) is 11.1 Å². The first-order valence-electron chi connectivity index (χ1n) is 13.1. The summed E-state index contributed by atoms with van der Waals surface area (Å²) in [6.45, 7) is 0.600. The number of aryl methyl sites for hydroxylation is 1. The Hall–Kier alpha value is -4.92. The summed E-state index contributed by atoms with van der Waals surface area (Å²) in [5.74, 6) is -1.37. The van der Waals surface area contributed by atoms with E-state index in [2.05, 4.69) is 34.7 Å². The van der Waals surface area contributed by atoms with E-state index in [0.29, 0.717) is 11.4 Å². The summed E-state index contributed by atoms with van der Waals surface area (Å²) in [5, 5.41) is 16.3. The molecule has 2 N–H and O–H groups in total. The summed E-state index contributed by atoms with van der Waals surface area (Å²) in [6, 6.07) is 27.2. The average Bonchev–Trinajstić information content (AvgIpc) is 3.50. The fourth-order valence-electron chi connectivity index (χ4n) is 5.07. The second-order valence-corrected chi connectivity index (χ2v) is 9.68. The van der Waals surface area contributed by atoms with E-state index in [9.17, 15) is 14.4 Å². The van der Waals surface area contributed by atoms with Crippen molar-refractivity contribution in [2.24, 2.45) is 7.05 Å². The molecule has 204 valence electrons. The van der Waals surface area contributed by atoms with E-state index in [1.807, 2.05) is 54.6 Å². The summed E-state index contributed by atoms with van der Waals surface area (Å²) >= 11 is 0. The maximum atomic E-state index is 13.3. The van der Waals surface area contributed by atoms with Crippen LogP contribution in [0.15, 0.2) is 84.9 Å². The predicted molar refractivity (Wildman–Crippen MR) is 149 cm³/mol. The molecule has 2 amide bonds. The van der Waals surface area contributed by atoms with Crippen molar-refractivity contribution >= 4 is 18.0 Å². The lowest BCUT2D eigenvalue weighted by atomic mass is 9.98. The van der Waals surface area contributed by atoms with Crippen LogP contribution in [0.2, 0.25) is 0 Å². The molecule has 0 radical (unpaired) electrons. The van der Waals surface area contributed by atoms with E-state index in [4.69, 9.17) is 9.84 Å². The fourth-order valence-corrected chi connectivity index (χ4v) is 5.07. The minimum Gasteiger partial charge on any atom is -0.481 e. The normalized spacial score (nSPS) is 11.9. The summed E-state index contributed by atoms with van der Waals surface area (Å²) in [7, 11) is 1.64. The Balaban J connectivity index is 1.20. The zero-order valence-corrected chi connectivity index (χ0v) is 22.1. The molecule has 40 heavy (non-hydrogen) atoms. The Morgan fingerprint density at radius 1 is 0.950 bits per heavy atom. The van der Waals surface area contributed by atoms with E-state index in [-0.39, 0.29) is 44.5 Å². The first-order chi connectivity index (χ1) is 19.4. The van der Waals surface area contributed by atoms with Crippen molar-refractivity contribution in [2.45, 2.75) is 25.4 Å². The maximum Gasteiger partial charge on any atom is 0.407 e. The molecule has 0 aliphatic heterocycles. The van der Waals surface area contributed by atoms with Crippen molar-refractivity contribution in [3.05, 3.63) is 113 Å². The Kier molecular flexibility index (Phi) is 7.91. The minimum absolute atomic E-state index is 0.0429. The number of benzene rings is 3. The number of carboxylic acids is 1. The number of alkyl carbamates (subject to hydrolysis) is 1. The van der Waals surface area contributed by atoms with Crippen LogP contribution in [-0.2, 0) is 29.7 Å². The van der Waals surface area contributed by atoms with Gasteiger partial charge in [0.05, 0.1) is 18.7 Å². The van der Waals surface area contributed by atoms with Gasteiger partial charge in [-0.25, -0.2) is 4.79 Å². The quantitative estimate of drug-likeness (QED) is 0.306. The van der Waals surface area contributed by atoms with Crippen molar-refractivity contribution in [1.29, 1.82) is 0 Å². The molecule has 0 saturated carbocycles. The molecular weight excluding hydrogens is 508 g/mol. The van der Waals surface area contributed by atoms with Gasteiger partial charge in [0.1, 0.15) is 12.3 Å². The lowest BCUT2D eigenvalue weighted by Gasteiger charge is -2.22. The Labute approximate surface area is 232 Å². The van der Waals surface area contributed by atoms with Gasteiger partial charge in [0.25, 0.3) is 5.91 Å². The van der Waals surface area contributed by atoms with Crippen LogP contribution in [0.3, 0.4) is 0 Å². The number of hydrogen-bond acceptors (Lipinski definition) is 5. The van der Waals surface area contributed by atoms with Gasteiger partial charge in [-0.2, -0.15) is 5.10 Å². The lowest BCUT2D eigenvalue weighted by Crippen LogP contribution is -2.33. The number of fused-ring (bicyclic) bond motifs is 3. The molecule has 9 nitrogen and oxygen atoms in total. The standard InChI is InChI=1S/C31H30N4O5/c1-34-28(30(38)35(16-15-29(36)37)19-21-9-3-2-4-10-21)17-22(33-34)18-32-31(39)40-20-27-25-13-7-5-11-23(25)24-12-6-8-14-26(24)27/h2-14,17,27H,15-16,18-20H2,1H3,(H,32,39)(H,36,37). The number of carbonyl (C=O) groups is 3. The number of nitrogens with one attached hydrogen (secondary N) is 1. The lowest BCUT2D eigenvalue weighted by molar-refractivity contribution is -0.137. The number of nitrogens with zero attached hydrogens (tertiary/aromatic N) is 3. The van der Waals surface area contributed by atoms with Crippen molar-refractivity contribution in [2.75, 3.05) is 13.2 Å². The minimum atomic E-state index is -0.983. The Bertz CT molecular complexity index is 1490. The molecule has 0 atom stereocenters. The SMILES string of the molecule is Cn1nc(CNC(=O)OCC2c3ccccc3-c3ccccc32)cc1C(=O)N(CCC(=O)O)Cc1ccccc1. The molecule has 5 rings (SSSR count). The highest BCUT2D eigenvalue weighted by Gasteiger charge is 2.29. The first-order valence-corrected chi connectivity index (χ1v) is 13.1. The number of ether oxygens (including phenoxy) is 1. The summed E-state index contributed by atoms with van der Waals surface area (Å²) in [6.07, 6.45) is -0.750. The van der Waals surface area contributed by atoms with Crippen LogP contribution >= 0.6 is 0 Å². The molecule has 1 aliphatic rings. The third kappa shape index (κ3) is 5.88. The van der Waals surface area contributed by atoms with E-state index in [1.54, 1.807) is 13.1 Å². The van der Waals surface area contributed by atoms with E-state index < -0.39 is 12.1 Å². The van der Waals surface area contributed by atoms with Crippen molar-refractivity contribution in [3.63, 3.8) is 0 Å². The second-order valence-electron chi connectivity index (χ2n) is 9.68. The topological polar surface area (TPSA) is 114 Å². The molecule has 0 spiro atoms. The van der Waals surface area contributed by atoms with Gasteiger partial charge in [-0.15, -0.1) is 0 Å². The smallest absolute Gasteiger partial charge is 0.407 e. The molecule has 0 fully saturated rings. The summed E-state index contributed by atoms with van der Waals surface area (Å²) in [4.78, 5) is 38.6. The van der Waals surface area contributed by atoms with Gasteiger partial charge >= 0.3 is 12.1 Å². The molecule has 1 aliphatic carbocycles. The zero-order valence-electron chi connectivity index (χ0n) is 22.1. The number of hydrogen-bond donors (Lipinski definition) is 2. The summed E-state index contributed by atoms with van der Waals surface area (Å²) in [5.41, 5.74) is 6.24. The van der Waals surface area contributed by atoms with Crippen molar-refractivity contribution in [1.82, 2.24) is 20.0 Å². The van der Waals surface area contributed by atoms with E-state index in [0.717, 1.165) is 27.8 Å². The molecule has 9 heteroatoms. The molecule has 0 bridgehead atoms. The monoisotopic (exact) mass is 538 g/mol. The van der Waals surface area contributed by atoms with Crippen LogP contribution in [-0.4, -0.2) is 50.9 Å². The van der Waals surface area contributed by atoms with Gasteiger partial charge < -0.3 is 20.1 Å². The molecular formula is C31H30N4O5. The molecule has 1 aromatic heterocycles. The van der Waals surface area contributed by atoms with Crippen LogP contribution in [0, 0.1) is 0 Å². The zero-order chi connectivity index (χ0) is 28.1. The molecule has 3 aromatic carbocycles. The van der Waals surface area contributed by atoms with E-state index >= 15 is 0 Å².